The molecule has 4 aliphatic rings. The van der Waals surface area contributed by atoms with Crippen LogP contribution in [-0.2, 0) is 24.4 Å². The Balaban J connectivity index is 0.821. The Bertz CT molecular complexity index is 2270. The highest BCUT2D eigenvalue weighted by Crippen LogP contribution is 2.43. The highest BCUT2D eigenvalue weighted by molar-refractivity contribution is 7.92. The first-order valence-corrected chi connectivity index (χ1v) is 23.8. The number of carbonyl (C=O) groups is 3. The van der Waals surface area contributed by atoms with Crippen molar-refractivity contribution in [3.05, 3.63) is 77.4 Å². The summed E-state index contributed by atoms with van der Waals surface area (Å²) in [5, 5.41) is 3.32. The fourth-order valence-electron chi connectivity index (χ4n) is 9.15. The van der Waals surface area contributed by atoms with Crippen molar-refractivity contribution in [1.82, 2.24) is 30.1 Å². The van der Waals surface area contributed by atoms with Crippen LogP contribution in [0.15, 0.2) is 61.1 Å². The molecule has 60 heavy (non-hydrogen) atoms. The van der Waals surface area contributed by atoms with Crippen LogP contribution in [0.4, 0.5) is 15.9 Å². The third kappa shape index (κ3) is 9.55. The molecule has 1 atom stereocenters. The molecule has 3 amide bonds. The van der Waals surface area contributed by atoms with Crippen LogP contribution in [0.3, 0.4) is 0 Å². The molecule has 0 unspecified atom stereocenters. The van der Waals surface area contributed by atoms with Gasteiger partial charge < -0.3 is 14.7 Å². The maximum atomic E-state index is 16.0. The smallest absolute Gasteiger partial charge is 0.234 e. The molecule has 13 nitrogen and oxygen atoms in total. The molecule has 0 bridgehead atoms. The van der Waals surface area contributed by atoms with E-state index in [2.05, 4.69) is 29.8 Å². The van der Waals surface area contributed by atoms with Gasteiger partial charge in [0.05, 0.1) is 32.9 Å². The lowest BCUT2D eigenvalue weighted by atomic mass is 9.90. The van der Waals surface area contributed by atoms with Crippen LogP contribution in [0.1, 0.15) is 87.1 Å². The van der Waals surface area contributed by atoms with E-state index in [0.717, 1.165) is 98.1 Å². The average molecular weight is 857 g/mol. The Kier molecular flexibility index (Phi) is 12.9. The minimum Gasteiger partial charge on any atom is -0.357 e. The first-order chi connectivity index (χ1) is 29.0. The summed E-state index contributed by atoms with van der Waals surface area (Å²) in [6.07, 6.45) is 11.9. The molecule has 2 N–H and O–H groups in total. The summed E-state index contributed by atoms with van der Waals surface area (Å²) < 4.78 is 43.5. The third-order valence-electron chi connectivity index (χ3n) is 12.5. The second-order valence-corrected chi connectivity index (χ2v) is 19.5. The summed E-state index contributed by atoms with van der Waals surface area (Å²) in [4.78, 5) is 59.1. The lowest BCUT2D eigenvalue weighted by molar-refractivity contribution is -0.138. The molecule has 7 heterocycles. The lowest BCUT2D eigenvalue weighted by Gasteiger charge is -2.39. The number of amides is 3. The van der Waals surface area contributed by atoms with Crippen molar-refractivity contribution < 1.29 is 27.2 Å². The number of pyridine rings is 2. The molecule has 0 spiro atoms. The van der Waals surface area contributed by atoms with E-state index in [1.165, 1.54) is 17.4 Å². The second kappa shape index (κ2) is 18.4. The third-order valence-corrected chi connectivity index (χ3v) is 15.3. The van der Waals surface area contributed by atoms with Crippen LogP contribution < -0.4 is 14.9 Å². The summed E-state index contributed by atoms with van der Waals surface area (Å²) in [6.45, 7) is 7.82. The molecule has 16 heteroatoms. The van der Waals surface area contributed by atoms with Gasteiger partial charge in [0, 0.05) is 75.1 Å². The Labute approximate surface area is 355 Å². The number of halogens is 1. The van der Waals surface area contributed by atoms with E-state index in [0.29, 0.717) is 44.0 Å². The molecule has 318 valence electrons. The minimum absolute atomic E-state index is 0.0311. The van der Waals surface area contributed by atoms with E-state index in [4.69, 9.17) is 4.98 Å². The number of anilines is 2. The Morgan fingerprint density at radius 1 is 0.933 bits per heavy atom. The molecule has 8 rings (SSSR count). The van der Waals surface area contributed by atoms with E-state index >= 15 is 4.39 Å². The van der Waals surface area contributed by atoms with Gasteiger partial charge in [-0.1, -0.05) is 19.1 Å². The van der Waals surface area contributed by atoms with Crippen LogP contribution in [0.5, 0.6) is 0 Å². The molecule has 4 fully saturated rings. The normalized spacial score (nSPS) is 20.3. The monoisotopic (exact) mass is 856 g/mol. The van der Waals surface area contributed by atoms with Crippen LogP contribution >= 0.6 is 11.3 Å². The number of benzene rings is 1. The van der Waals surface area contributed by atoms with Crippen molar-refractivity contribution in [3.63, 3.8) is 0 Å². The van der Waals surface area contributed by atoms with Crippen LogP contribution in [0, 0.1) is 17.7 Å². The maximum absolute atomic E-state index is 16.0. The molecule has 0 radical (unpaired) electrons. The van der Waals surface area contributed by atoms with Crippen LogP contribution in [-0.4, -0.2) is 102 Å². The standard InChI is InChI=1S/C44H53FN8O5S2/c1-2-26-60(57,58)50-36-5-3-4-35(39(36)45)40-41(30-10-18-46-19-11-30)59-43(49-40)31-16-24-53(25-17-31)44(56)32-14-20-51(21-15-32)28-29-12-22-52(23-13-29)37-8-6-33(27-47-37)34-7-9-38(54)48-42(34)55/h3-6,8,10-11,18-19,27,29,31-32,34,50H,2,7,9,12-17,20-26,28H2,1H3,(H,48,54,55)/t34-/m1/s1. The van der Waals surface area contributed by atoms with E-state index < -0.39 is 15.8 Å². The number of carbonyl (C=O) groups excluding carboxylic acids is 3. The van der Waals surface area contributed by atoms with Gasteiger partial charge in [0.1, 0.15) is 5.82 Å². The van der Waals surface area contributed by atoms with E-state index in [1.54, 1.807) is 37.6 Å². The number of nitrogens with zero attached hydrogens (tertiary/aromatic N) is 6. The number of imide groups is 1. The zero-order valence-corrected chi connectivity index (χ0v) is 35.7. The number of aromatic nitrogens is 3. The second-order valence-electron chi connectivity index (χ2n) is 16.6. The number of thiazole rings is 1. The van der Waals surface area contributed by atoms with Crippen molar-refractivity contribution in [2.45, 2.75) is 76.5 Å². The van der Waals surface area contributed by atoms with E-state index in [1.807, 2.05) is 29.2 Å². The number of sulfonamides is 1. The van der Waals surface area contributed by atoms with Gasteiger partial charge in [-0.25, -0.2) is 22.8 Å². The minimum atomic E-state index is -3.69. The predicted molar refractivity (Wildman–Crippen MR) is 230 cm³/mol. The van der Waals surface area contributed by atoms with Gasteiger partial charge in [-0.15, -0.1) is 11.3 Å². The van der Waals surface area contributed by atoms with Gasteiger partial charge in [0.2, 0.25) is 27.7 Å². The molecule has 4 aromatic rings. The SMILES string of the molecule is CCCS(=O)(=O)Nc1cccc(-c2nc(C3CCN(C(=O)C4CCN(CC5CCN(c6ccc([C@H]7CCC(=O)NC7=O)cn6)CC5)CC4)CC3)sc2-c2ccncc2)c1F. The average Bonchev–Trinajstić information content (AvgIpc) is 3.71. The molecule has 0 saturated carbocycles. The maximum Gasteiger partial charge on any atom is 0.234 e. The predicted octanol–water partition coefficient (Wildman–Crippen LogP) is 6.41. The van der Waals surface area contributed by atoms with Gasteiger partial charge in [-0.05, 0) is 112 Å². The highest BCUT2D eigenvalue weighted by atomic mass is 32.2. The fourth-order valence-corrected chi connectivity index (χ4v) is 11.5. The number of piperidine rings is 4. The van der Waals surface area contributed by atoms with Crippen LogP contribution in [0.25, 0.3) is 21.7 Å². The zero-order valence-electron chi connectivity index (χ0n) is 34.0. The molecular weight excluding hydrogens is 804 g/mol. The van der Waals surface area contributed by atoms with Gasteiger partial charge in [-0.3, -0.25) is 29.4 Å². The summed E-state index contributed by atoms with van der Waals surface area (Å²) in [5.74, 6) is 0.374. The molecular formula is C44H53FN8O5S2. The number of likely N-dealkylation sites (tertiary alicyclic amines) is 2. The van der Waals surface area contributed by atoms with Crippen molar-refractivity contribution in [2.75, 3.05) is 61.2 Å². The lowest BCUT2D eigenvalue weighted by Crippen LogP contribution is -2.46. The van der Waals surface area contributed by atoms with Crippen LogP contribution in [0.2, 0.25) is 0 Å². The topological polar surface area (TPSA) is 158 Å². The molecule has 0 aliphatic carbocycles. The van der Waals surface area contributed by atoms with Crippen molar-refractivity contribution >= 4 is 50.6 Å². The summed E-state index contributed by atoms with van der Waals surface area (Å²) >= 11 is 1.53. The Hall–Kier alpha value is -4.80. The summed E-state index contributed by atoms with van der Waals surface area (Å²) in [6, 6.07) is 12.4. The summed E-state index contributed by atoms with van der Waals surface area (Å²) in [7, 11) is -3.69. The number of nitrogens with one attached hydrogen (secondary N) is 2. The van der Waals surface area contributed by atoms with Gasteiger partial charge in [-0.2, -0.15) is 0 Å². The number of hydrogen-bond donors (Lipinski definition) is 2. The van der Waals surface area contributed by atoms with Gasteiger partial charge in [0.25, 0.3) is 0 Å². The Morgan fingerprint density at radius 3 is 2.37 bits per heavy atom. The summed E-state index contributed by atoms with van der Waals surface area (Å²) in [5.41, 5.74) is 2.32. The first kappa shape index (κ1) is 41.9. The fraction of sp³-hybridized carbons (Fsp3) is 0.500. The first-order valence-electron chi connectivity index (χ1n) is 21.3. The Morgan fingerprint density at radius 2 is 1.68 bits per heavy atom. The zero-order chi connectivity index (χ0) is 41.8. The molecule has 1 aromatic carbocycles. The quantitative estimate of drug-likeness (QED) is 0.153. The van der Waals surface area contributed by atoms with Gasteiger partial charge in [0.15, 0.2) is 5.82 Å². The van der Waals surface area contributed by atoms with Crippen molar-refractivity contribution in [1.29, 1.82) is 0 Å². The molecule has 4 aliphatic heterocycles. The van der Waals surface area contributed by atoms with Crippen molar-refractivity contribution in [2.24, 2.45) is 11.8 Å². The van der Waals surface area contributed by atoms with E-state index in [9.17, 15) is 22.8 Å². The van der Waals surface area contributed by atoms with Crippen molar-refractivity contribution in [3.8, 4) is 21.7 Å². The molecule has 3 aromatic heterocycles. The number of hydrogen-bond acceptors (Lipinski definition) is 11. The largest absolute Gasteiger partial charge is 0.357 e. The number of rotatable bonds is 12. The van der Waals surface area contributed by atoms with E-state index in [-0.39, 0.29) is 52.5 Å². The molecule has 4 saturated heterocycles. The van der Waals surface area contributed by atoms with Gasteiger partial charge >= 0.3 is 0 Å². The highest BCUT2D eigenvalue weighted by Gasteiger charge is 2.34.